The molecule has 0 fully saturated rings. The minimum absolute atomic E-state index is 0.0724. The molecule has 0 aliphatic carbocycles. The number of carbonyl (C=O) groups excluding carboxylic acids is 2. The van der Waals surface area contributed by atoms with Crippen molar-refractivity contribution in [2.75, 3.05) is 23.8 Å². The van der Waals surface area contributed by atoms with Crippen LogP contribution in [0.2, 0.25) is 0 Å². The van der Waals surface area contributed by atoms with E-state index in [1.807, 2.05) is 71.1 Å². The van der Waals surface area contributed by atoms with Crippen LogP contribution < -0.4 is 10.2 Å². The highest BCUT2D eigenvalue weighted by Gasteiger charge is 2.39. The highest BCUT2D eigenvalue weighted by Crippen LogP contribution is 2.43. The third-order valence-corrected chi connectivity index (χ3v) is 7.47. The monoisotopic (exact) mass is 479 g/mol. The number of hydrogen-bond donors (Lipinski definition) is 1. The van der Waals surface area contributed by atoms with E-state index in [0.717, 1.165) is 38.3 Å². The molecule has 2 aromatic carbocycles. The van der Waals surface area contributed by atoms with Crippen LogP contribution in [0, 0.1) is 13.8 Å². The van der Waals surface area contributed by atoms with Crippen molar-refractivity contribution in [2.24, 2.45) is 7.05 Å². The number of aromatic nitrogens is 1. The van der Waals surface area contributed by atoms with Gasteiger partial charge >= 0.3 is 0 Å². The molecule has 34 heavy (non-hydrogen) atoms. The average Bonchev–Trinajstić information content (AvgIpc) is 2.98. The Bertz CT molecular complexity index is 1220. The van der Waals surface area contributed by atoms with Gasteiger partial charge in [0, 0.05) is 42.4 Å². The van der Waals surface area contributed by atoms with Crippen LogP contribution in [-0.4, -0.2) is 41.4 Å². The van der Waals surface area contributed by atoms with Crippen molar-refractivity contribution in [2.45, 2.75) is 51.3 Å². The van der Waals surface area contributed by atoms with Crippen molar-refractivity contribution in [1.82, 2.24) is 9.88 Å². The maximum atomic E-state index is 13.8. The summed E-state index contributed by atoms with van der Waals surface area (Å²) in [6.07, 6.45) is 0.872. The molecule has 6 nitrogen and oxygen atoms in total. The van der Waals surface area contributed by atoms with Gasteiger partial charge in [0.25, 0.3) is 0 Å². The Morgan fingerprint density at radius 1 is 1.18 bits per heavy atom. The first-order valence-electron chi connectivity index (χ1n) is 11.8. The van der Waals surface area contributed by atoms with Crippen LogP contribution in [0.15, 0.2) is 47.5 Å². The van der Waals surface area contributed by atoms with E-state index in [1.165, 1.54) is 11.8 Å². The zero-order valence-corrected chi connectivity index (χ0v) is 21.4. The number of hydrogen-bond acceptors (Lipinski definition) is 4. The summed E-state index contributed by atoms with van der Waals surface area (Å²) in [5.74, 6) is 0.0314. The summed E-state index contributed by atoms with van der Waals surface area (Å²) in [5, 5.41) is 5.05. The SMILES string of the molecule is Cc1ccc(N2C(=O)CSc3c(c4ccccc4n3C)[C@H]2C(=O)NCCCOC(C)C)cc1C. The molecule has 1 aliphatic rings. The number of thioether (sulfide) groups is 1. The lowest BCUT2D eigenvalue weighted by Crippen LogP contribution is -2.44. The predicted molar refractivity (Wildman–Crippen MR) is 139 cm³/mol. The Labute approximate surface area is 205 Å². The Balaban J connectivity index is 1.78. The minimum atomic E-state index is -0.753. The second-order valence-electron chi connectivity index (χ2n) is 9.08. The van der Waals surface area contributed by atoms with Crippen LogP contribution in [0.1, 0.15) is 43.0 Å². The number of nitrogens with zero attached hydrogens (tertiary/aromatic N) is 2. The Morgan fingerprint density at radius 3 is 2.68 bits per heavy atom. The summed E-state index contributed by atoms with van der Waals surface area (Å²) in [4.78, 5) is 29.0. The number of amides is 2. The number of para-hydroxylation sites is 1. The fourth-order valence-electron chi connectivity index (χ4n) is 4.43. The molecule has 2 heterocycles. The molecule has 0 spiro atoms. The predicted octanol–water partition coefficient (Wildman–Crippen LogP) is 4.91. The van der Waals surface area contributed by atoms with E-state index in [9.17, 15) is 9.59 Å². The van der Waals surface area contributed by atoms with Crippen LogP contribution in [0.25, 0.3) is 10.9 Å². The zero-order valence-electron chi connectivity index (χ0n) is 20.6. The number of benzene rings is 2. The van der Waals surface area contributed by atoms with E-state index in [1.54, 1.807) is 4.90 Å². The van der Waals surface area contributed by atoms with E-state index in [0.29, 0.717) is 19.6 Å². The molecule has 0 unspecified atom stereocenters. The highest BCUT2D eigenvalue weighted by molar-refractivity contribution is 8.00. The molecule has 180 valence electrons. The number of aryl methyl sites for hydroxylation is 3. The molecule has 2 amide bonds. The van der Waals surface area contributed by atoms with Gasteiger partial charge in [-0.2, -0.15) is 0 Å². The molecule has 3 aromatic rings. The molecule has 1 aliphatic heterocycles. The van der Waals surface area contributed by atoms with Gasteiger partial charge in [-0.25, -0.2) is 0 Å². The van der Waals surface area contributed by atoms with Gasteiger partial charge in [-0.3, -0.25) is 14.5 Å². The maximum absolute atomic E-state index is 13.8. The third kappa shape index (κ3) is 4.72. The third-order valence-electron chi connectivity index (χ3n) is 6.31. The second-order valence-corrected chi connectivity index (χ2v) is 10.0. The molecular weight excluding hydrogens is 446 g/mol. The smallest absolute Gasteiger partial charge is 0.247 e. The van der Waals surface area contributed by atoms with E-state index in [4.69, 9.17) is 4.74 Å². The zero-order chi connectivity index (χ0) is 24.4. The van der Waals surface area contributed by atoms with Crippen LogP contribution in [0.3, 0.4) is 0 Å². The van der Waals surface area contributed by atoms with Crippen LogP contribution in [0.5, 0.6) is 0 Å². The highest BCUT2D eigenvalue weighted by atomic mass is 32.2. The van der Waals surface area contributed by atoms with Crippen molar-refractivity contribution in [1.29, 1.82) is 0 Å². The van der Waals surface area contributed by atoms with E-state index >= 15 is 0 Å². The summed E-state index contributed by atoms with van der Waals surface area (Å²) in [7, 11) is 2.00. The van der Waals surface area contributed by atoms with E-state index in [2.05, 4.69) is 16.0 Å². The summed E-state index contributed by atoms with van der Waals surface area (Å²) in [5.41, 5.74) is 4.93. The van der Waals surface area contributed by atoms with Crippen molar-refractivity contribution >= 4 is 40.2 Å². The normalized spacial score (nSPS) is 16.1. The van der Waals surface area contributed by atoms with Gasteiger partial charge in [-0.1, -0.05) is 36.0 Å². The average molecular weight is 480 g/mol. The fraction of sp³-hybridized carbons (Fsp3) is 0.407. The molecule has 1 aromatic heterocycles. The van der Waals surface area contributed by atoms with Gasteiger partial charge in [0.05, 0.1) is 16.9 Å². The van der Waals surface area contributed by atoms with E-state index in [-0.39, 0.29) is 23.7 Å². The maximum Gasteiger partial charge on any atom is 0.247 e. The number of nitrogens with one attached hydrogen (secondary N) is 1. The molecule has 7 heteroatoms. The van der Waals surface area contributed by atoms with Crippen molar-refractivity contribution in [3.05, 3.63) is 59.2 Å². The topological polar surface area (TPSA) is 63.6 Å². The number of rotatable bonds is 7. The first kappa shape index (κ1) is 24.4. The van der Waals surface area contributed by atoms with Gasteiger partial charge in [-0.15, -0.1) is 0 Å². The molecular formula is C27H33N3O3S. The fourth-order valence-corrected chi connectivity index (χ4v) is 5.50. The molecule has 4 rings (SSSR count). The van der Waals surface area contributed by atoms with Crippen molar-refractivity contribution in [3.8, 4) is 0 Å². The quantitative estimate of drug-likeness (QED) is 0.489. The molecule has 0 radical (unpaired) electrons. The van der Waals surface area contributed by atoms with Crippen LogP contribution in [-0.2, 0) is 21.4 Å². The lowest BCUT2D eigenvalue weighted by atomic mass is 10.0. The second kappa shape index (κ2) is 10.2. The van der Waals surface area contributed by atoms with E-state index < -0.39 is 6.04 Å². The molecule has 1 atom stereocenters. The Morgan fingerprint density at radius 2 is 1.94 bits per heavy atom. The summed E-state index contributed by atoms with van der Waals surface area (Å²) in [6, 6.07) is 13.3. The van der Waals surface area contributed by atoms with Gasteiger partial charge in [0.2, 0.25) is 11.8 Å². The van der Waals surface area contributed by atoms with Crippen LogP contribution in [0.4, 0.5) is 5.69 Å². The number of fused-ring (bicyclic) bond motifs is 3. The Kier molecular flexibility index (Phi) is 7.33. The standard InChI is InChI=1S/C27H33N3O3S/c1-17(2)33-14-8-13-28-26(32)25-24-21-9-6-7-10-22(21)29(5)27(24)34-16-23(31)30(25)20-12-11-18(3)19(4)15-20/h6-7,9-12,15,17,25H,8,13-14,16H2,1-5H3,(H,28,32)/t25-/m0/s1. The van der Waals surface area contributed by atoms with Gasteiger partial charge < -0.3 is 14.6 Å². The Hall–Kier alpha value is -2.77. The summed E-state index contributed by atoms with van der Waals surface area (Å²) < 4.78 is 7.72. The molecule has 0 saturated heterocycles. The number of carbonyl (C=O) groups is 2. The van der Waals surface area contributed by atoms with Crippen molar-refractivity contribution < 1.29 is 14.3 Å². The van der Waals surface area contributed by atoms with Crippen LogP contribution >= 0.6 is 11.8 Å². The van der Waals surface area contributed by atoms with Crippen molar-refractivity contribution in [3.63, 3.8) is 0 Å². The van der Waals surface area contributed by atoms with Gasteiger partial charge in [-0.05, 0) is 63.4 Å². The lowest BCUT2D eigenvalue weighted by molar-refractivity contribution is -0.125. The first-order valence-corrected chi connectivity index (χ1v) is 12.8. The lowest BCUT2D eigenvalue weighted by Gasteiger charge is -2.30. The number of anilines is 1. The summed E-state index contributed by atoms with van der Waals surface area (Å²) >= 11 is 1.50. The molecule has 0 saturated carbocycles. The molecule has 0 bridgehead atoms. The van der Waals surface area contributed by atoms with Gasteiger partial charge in [0.15, 0.2) is 0 Å². The largest absolute Gasteiger partial charge is 0.379 e. The van der Waals surface area contributed by atoms with Gasteiger partial charge in [0.1, 0.15) is 6.04 Å². The molecule has 1 N–H and O–H groups in total. The number of ether oxygens (including phenoxy) is 1. The summed E-state index contributed by atoms with van der Waals surface area (Å²) in [6.45, 7) is 9.14. The first-order chi connectivity index (χ1) is 16.3. The minimum Gasteiger partial charge on any atom is -0.379 e.